The number of nitrogens with one attached hydrogen (secondary N) is 2. The fraction of sp³-hybridized carbons (Fsp3) is 0.419. The summed E-state index contributed by atoms with van der Waals surface area (Å²) in [5.41, 5.74) is 1.71. The summed E-state index contributed by atoms with van der Waals surface area (Å²) in [4.78, 5) is 37.7. The van der Waals surface area contributed by atoms with Gasteiger partial charge in [-0.15, -0.1) is 0 Å². The molecule has 1 aromatic heterocycles. The van der Waals surface area contributed by atoms with Gasteiger partial charge in [-0.2, -0.15) is 0 Å². The molecule has 1 aliphatic carbocycles. The number of aromatic nitrogens is 2. The van der Waals surface area contributed by atoms with Crippen LogP contribution in [0.5, 0.6) is 5.75 Å². The fourth-order valence-corrected chi connectivity index (χ4v) is 5.42. The molecule has 2 N–H and O–H groups in total. The van der Waals surface area contributed by atoms with Crippen LogP contribution in [0.4, 0.5) is 21.6 Å². The van der Waals surface area contributed by atoms with Gasteiger partial charge in [0.25, 0.3) is 0 Å². The van der Waals surface area contributed by atoms with Gasteiger partial charge in [-0.05, 0) is 49.4 Å². The maximum Gasteiger partial charge on any atom is 0.306 e. The highest BCUT2D eigenvalue weighted by Gasteiger charge is 2.27. The van der Waals surface area contributed by atoms with Crippen molar-refractivity contribution in [1.29, 1.82) is 0 Å². The zero-order chi connectivity index (χ0) is 29.8. The van der Waals surface area contributed by atoms with E-state index < -0.39 is 5.82 Å². The molecule has 2 aromatic carbocycles. The normalized spacial score (nSPS) is 19.6. The van der Waals surface area contributed by atoms with E-state index in [-0.39, 0.29) is 23.0 Å². The topological polar surface area (TPSA) is 109 Å². The number of hydrogen-bond donors (Lipinski definition) is 2. The van der Waals surface area contributed by atoms with Crippen molar-refractivity contribution in [3.8, 4) is 5.75 Å². The van der Waals surface area contributed by atoms with Gasteiger partial charge >= 0.3 is 5.97 Å². The molecule has 1 amide bonds. The summed E-state index contributed by atoms with van der Waals surface area (Å²) < 4.78 is 25.1. The van der Waals surface area contributed by atoms with Gasteiger partial charge in [-0.3, -0.25) is 19.4 Å². The Morgan fingerprint density at radius 2 is 1.93 bits per heavy atom. The molecule has 12 heteroatoms. The molecule has 1 saturated carbocycles. The van der Waals surface area contributed by atoms with Gasteiger partial charge in [-0.25, -0.2) is 14.4 Å². The first kappa shape index (κ1) is 29.3. The number of ether oxygens (including phenoxy) is 2. The van der Waals surface area contributed by atoms with E-state index in [0.29, 0.717) is 59.3 Å². The molecule has 226 valence electrons. The second-order valence-electron chi connectivity index (χ2n) is 11.2. The molecule has 3 aliphatic rings. The lowest BCUT2D eigenvalue weighted by molar-refractivity contribution is -0.142. The largest absolute Gasteiger partial charge is 0.491 e. The second-order valence-corrected chi connectivity index (χ2v) is 11.6. The number of hydrogen-bond acceptors (Lipinski definition) is 9. The highest BCUT2D eigenvalue weighted by atomic mass is 35.5. The highest BCUT2D eigenvalue weighted by Crippen LogP contribution is 2.36. The van der Waals surface area contributed by atoms with Crippen molar-refractivity contribution in [1.82, 2.24) is 19.8 Å². The van der Waals surface area contributed by atoms with Crippen LogP contribution in [0.1, 0.15) is 25.7 Å². The molecule has 1 unspecified atom stereocenters. The van der Waals surface area contributed by atoms with Crippen LogP contribution in [0.25, 0.3) is 10.9 Å². The van der Waals surface area contributed by atoms with Gasteiger partial charge in [0, 0.05) is 68.9 Å². The van der Waals surface area contributed by atoms with Crippen molar-refractivity contribution < 1.29 is 23.5 Å². The molecule has 0 radical (unpaired) electrons. The molecular weight excluding hydrogens is 575 g/mol. The quantitative estimate of drug-likeness (QED) is 0.235. The third-order valence-electron chi connectivity index (χ3n) is 7.88. The minimum absolute atomic E-state index is 0.00268. The predicted molar refractivity (Wildman–Crippen MR) is 162 cm³/mol. The lowest BCUT2D eigenvalue weighted by atomic mass is 10.1. The zero-order valence-electron chi connectivity index (χ0n) is 23.7. The van der Waals surface area contributed by atoms with Crippen molar-refractivity contribution in [2.45, 2.75) is 31.8 Å². The smallest absolute Gasteiger partial charge is 0.306 e. The van der Waals surface area contributed by atoms with E-state index in [2.05, 4.69) is 30.4 Å². The third-order valence-corrected chi connectivity index (χ3v) is 8.17. The van der Waals surface area contributed by atoms with E-state index in [4.69, 9.17) is 21.1 Å². The van der Waals surface area contributed by atoms with Crippen molar-refractivity contribution in [2.24, 2.45) is 5.92 Å². The number of fused-ring (bicyclic) bond motifs is 1. The predicted octanol–water partition coefficient (Wildman–Crippen LogP) is 4.77. The van der Waals surface area contributed by atoms with E-state index in [1.807, 2.05) is 6.08 Å². The Labute approximate surface area is 254 Å². The average Bonchev–Trinajstić information content (AvgIpc) is 3.74. The molecule has 10 nitrogen and oxygen atoms in total. The number of rotatable bonds is 11. The summed E-state index contributed by atoms with van der Waals surface area (Å²) in [6.45, 7) is 5.57. The van der Waals surface area contributed by atoms with E-state index in [9.17, 15) is 14.0 Å². The lowest BCUT2D eigenvalue weighted by Gasteiger charge is -2.35. The molecule has 0 bridgehead atoms. The molecule has 6 rings (SSSR count). The van der Waals surface area contributed by atoms with Crippen LogP contribution in [0.15, 0.2) is 48.8 Å². The number of esters is 1. The number of halogens is 2. The van der Waals surface area contributed by atoms with Crippen molar-refractivity contribution in [3.05, 3.63) is 59.7 Å². The Bertz CT molecular complexity index is 1530. The molecule has 3 aromatic rings. The molecule has 3 fully saturated rings. The average molecular weight is 609 g/mol. The third kappa shape index (κ3) is 7.78. The standard InChI is InChI=1S/C31H34ClFN6O4/c32-24-14-21(5-7-25(24)33)36-31-23-15-27(28(42-18-20-3-4-20)16-26(23)34-19-35-31)37-29(40)2-1-9-38-10-12-39(13-11-38)17-22-6-8-30(41)43-22/h1-2,5,7,14-16,19-20,22H,3-4,6,8-13,17-18H2,(H,37,40)(H,34,35,36). The van der Waals surface area contributed by atoms with E-state index in [1.165, 1.54) is 18.5 Å². The summed E-state index contributed by atoms with van der Waals surface area (Å²) >= 11 is 5.96. The van der Waals surface area contributed by atoms with Crippen molar-refractivity contribution >= 4 is 51.6 Å². The fourth-order valence-electron chi connectivity index (χ4n) is 5.24. The van der Waals surface area contributed by atoms with Gasteiger partial charge in [0.1, 0.15) is 29.8 Å². The van der Waals surface area contributed by atoms with Gasteiger partial charge < -0.3 is 20.1 Å². The Balaban J connectivity index is 1.10. The zero-order valence-corrected chi connectivity index (χ0v) is 24.5. The first-order valence-corrected chi connectivity index (χ1v) is 15.0. The van der Waals surface area contributed by atoms with Gasteiger partial charge in [0.2, 0.25) is 5.91 Å². The maximum absolute atomic E-state index is 13.7. The monoisotopic (exact) mass is 608 g/mol. The minimum atomic E-state index is -0.509. The van der Waals surface area contributed by atoms with Crippen LogP contribution >= 0.6 is 11.6 Å². The van der Waals surface area contributed by atoms with E-state index >= 15 is 0 Å². The second kappa shape index (κ2) is 13.2. The lowest BCUT2D eigenvalue weighted by Crippen LogP contribution is -2.48. The Hall–Kier alpha value is -3.80. The summed E-state index contributed by atoms with van der Waals surface area (Å²) in [7, 11) is 0. The molecular formula is C31H34ClFN6O4. The van der Waals surface area contributed by atoms with Crippen LogP contribution in [-0.2, 0) is 14.3 Å². The molecule has 3 heterocycles. The van der Waals surface area contributed by atoms with Gasteiger partial charge in [0.15, 0.2) is 0 Å². The van der Waals surface area contributed by atoms with Crippen LogP contribution in [0, 0.1) is 11.7 Å². The van der Waals surface area contributed by atoms with Crippen LogP contribution in [-0.4, -0.2) is 83.6 Å². The summed E-state index contributed by atoms with van der Waals surface area (Å²) in [6.07, 6.45) is 8.44. The molecule has 1 atom stereocenters. The number of piperazine rings is 1. The first-order chi connectivity index (χ1) is 20.9. The number of nitrogens with zero attached hydrogens (tertiary/aromatic N) is 4. The molecule has 0 spiro atoms. The van der Waals surface area contributed by atoms with E-state index in [1.54, 1.807) is 24.3 Å². The maximum atomic E-state index is 13.7. The number of anilines is 3. The highest BCUT2D eigenvalue weighted by molar-refractivity contribution is 6.31. The van der Waals surface area contributed by atoms with E-state index in [0.717, 1.165) is 52.0 Å². The van der Waals surface area contributed by atoms with Gasteiger partial charge in [-0.1, -0.05) is 17.7 Å². The van der Waals surface area contributed by atoms with Crippen LogP contribution < -0.4 is 15.4 Å². The Morgan fingerprint density at radius 1 is 1.12 bits per heavy atom. The Kier molecular flexibility index (Phi) is 9.01. The molecule has 2 saturated heterocycles. The van der Waals surface area contributed by atoms with Gasteiger partial charge in [0.05, 0.1) is 22.8 Å². The number of carbonyl (C=O) groups is 2. The summed E-state index contributed by atoms with van der Waals surface area (Å²) in [5.74, 6) is 0.675. The van der Waals surface area contributed by atoms with Crippen LogP contribution in [0.2, 0.25) is 5.02 Å². The SMILES string of the molecule is O=C(C=CCN1CCN(CC2CCC(=O)O2)CC1)Nc1cc2c(Nc3ccc(F)c(Cl)c3)ncnc2cc1OCC1CC1. The number of amides is 1. The molecule has 43 heavy (non-hydrogen) atoms. The number of carbonyl (C=O) groups excluding carboxylic acids is 2. The summed E-state index contributed by atoms with van der Waals surface area (Å²) in [5, 5.41) is 6.80. The molecule has 2 aliphatic heterocycles. The Morgan fingerprint density at radius 3 is 2.67 bits per heavy atom. The first-order valence-electron chi connectivity index (χ1n) is 14.6. The van der Waals surface area contributed by atoms with Crippen molar-refractivity contribution in [3.63, 3.8) is 0 Å². The summed E-state index contributed by atoms with van der Waals surface area (Å²) in [6, 6.07) is 7.93. The van der Waals surface area contributed by atoms with Crippen LogP contribution in [0.3, 0.4) is 0 Å². The van der Waals surface area contributed by atoms with Crippen molar-refractivity contribution in [2.75, 3.05) is 56.5 Å². The minimum Gasteiger partial charge on any atom is -0.491 e. The number of benzene rings is 2. The number of cyclic esters (lactones) is 1.